The first-order valence-electron chi connectivity index (χ1n) is 37.7. The highest BCUT2D eigenvalue weighted by atomic mass is 16.7. The highest BCUT2D eigenvalue weighted by molar-refractivity contribution is 5.71. The maximum absolute atomic E-state index is 13.0. The number of ether oxygens (including phenoxy) is 4. The van der Waals surface area contributed by atoms with Gasteiger partial charge in [0.2, 0.25) is 0 Å². The average molecular weight is 1270 g/mol. The lowest BCUT2D eigenvalue weighted by Gasteiger charge is -2.25. The molecule has 0 heterocycles. The number of hydrogen-bond acceptors (Lipinski definition) is 7. The molecule has 0 saturated carbocycles. The number of likely N-dealkylation sites (N-methyl/N-ethyl adjacent to an activating group) is 1. The molecule has 9 heteroatoms. The predicted molar refractivity (Wildman–Crippen MR) is 391 cm³/mol. The van der Waals surface area contributed by atoms with Crippen molar-refractivity contribution in [3.05, 3.63) is 122 Å². The minimum atomic E-state index is -1.52. The number of hydrogen-bond donors (Lipinski definition) is 1. The number of allylic oxidation sites excluding steroid dienone is 20. The second kappa shape index (κ2) is 71.5. The summed E-state index contributed by atoms with van der Waals surface area (Å²) < 4.78 is 23.0. The van der Waals surface area contributed by atoms with Gasteiger partial charge in [-0.1, -0.05) is 341 Å². The Balaban J connectivity index is 4.13. The molecule has 0 fully saturated rings. The zero-order valence-corrected chi connectivity index (χ0v) is 59.7. The van der Waals surface area contributed by atoms with Crippen LogP contribution in [0.5, 0.6) is 0 Å². The van der Waals surface area contributed by atoms with Crippen LogP contribution in [0.1, 0.15) is 322 Å². The Morgan fingerprint density at radius 1 is 0.341 bits per heavy atom. The minimum Gasteiger partial charge on any atom is -0.477 e. The van der Waals surface area contributed by atoms with E-state index in [1.54, 1.807) is 0 Å². The van der Waals surface area contributed by atoms with Gasteiger partial charge in [-0.15, -0.1) is 0 Å². The Kier molecular flexibility index (Phi) is 68.1. The molecule has 0 radical (unpaired) electrons. The van der Waals surface area contributed by atoms with Crippen LogP contribution in [0.15, 0.2) is 122 Å². The zero-order valence-electron chi connectivity index (χ0n) is 59.7. The van der Waals surface area contributed by atoms with Crippen molar-refractivity contribution in [2.24, 2.45) is 0 Å². The molecule has 2 atom stereocenters. The number of esters is 2. The van der Waals surface area contributed by atoms with Crippen LogP contribution in [0.3, 0.4) is 0 Å². The third kappa shape index (κ3) is 73.0. The molecule has 0 aliphatic carbocycles. The molecule has 0 bridgehead atoms. The van der Waals surface area contributed by atoms with E-state index < -0.39 is 24.3 Å². The van der Waals surface area contributed by atoms with E-state index in [9.17, 15) is 19.5 Å². The Morgan fingerprint density at radius 2 is 0.626 bits per heavy atom. The van der Waals surface area contributed by atoms with Gasteiger partial charge < -0.3 is 28.5 Å². The molecule has 0 spiro atoms. The van der Waals surface area contributed by atoms with Crippen LogP contribution in [-0.2, 0) is 33.3 Å². The largest absolute Gasteiger partial charge is 0.477 e. The van der Waals surface area contributed by atoms with Crippen LogP contribution in [0.25, 0.3) is 0 Å². The number of unbranched alkanes of at least 4 members (excludes halogenated alkanes) is 34. The van der Waals surface area contributed by atoms with E-state index in [4.69, 9.17) is 18.9 Å². The molecule has 0 aliphatic rings. The summed E-state index contributed by atoms with van der Waals surface area (Å²) >= 11 is 0. The van der Waals surface area contributed by atoms with Crippen molar-refractivity contribution < 1.29 is 42.9 Å². The van der Waals surface area contributed by atoms with Gasteiger partial charge >= 0.3 is 17.9 Å². The van der Waals surface area contributed by atoms with Gasteiger partial charge in [0.15, 0.2) is 6.10 Å². The van der Waals surface area contributed by atoms with Crippen molar-refractivity contribution in [3.8, 4) is 0 Å². The predicted octanol–water partition coefficient (Wildman–Crippen LogP) is 23.9. The number of nitrogens with zero attached hydrogens (tertiary/aromatic N) is 1. The van der Waals surface area contributed by atoms with Crippen molar-refractivity contribution >= 4 is 17.9 Å². The summed E-state index contributed by atoms with van der Waals surface area (Å²) in [4.78, 5) is 37.7. The molecule has 2 unspecified atom stereocenters. The molecule has 1 N–H and O–H groups in total. The molecule has 522 valence electrons. The van der Waals surface area contributed by atoms with Gasteiger partial charge in [-0.3, -0.25) is 9.59 Å². The topological polar surface area (TPSA) is 108 Å². The van der Waals surface area contributed by atoms with Crippen molar-refractivity contribution in [1.29, 1.82) is 0 Å². The molecule has 91 heavy (non-hydrogen) atoms. The first-order valence-corrected chi connectivity index (χ1v) is 37.7. The van der Waals surface area contributed by atoms with Crippen LogP contribution < -0.4 is 0 Å². The first-order chi connectivity index (χ1) is 44.6. The minimum absolute atomic E-state index is 0.182. The van der Waals surface area contributed by atoms with Crippen LogP contribution in [0.2, 0.25) is 0 Å². The van der Waals surface area contributed by atoms with Gasteiger partial charge in [0.05, 0.1) is 34.4 Å². The van der Waals surface area contributed by atoms with Gasteiger partial charge in [-0.2, -0.15) is 0 Å². The van der Waals surface area contributed by atoms with Gasteiger partial charge in [0.1, 0.15) is 13.2 Å². The Morgan fingerprint density at radius 3 is 0.934 bits per heavy atom. The standard InChI is InChI=1S/C82H141NO8/c1-6-8-10-12-14-16-18-20-22-24-26-28-30-32-34-35-36-37-38-39-40-41-42-43-44-45-47-49-51-53-55-57-59-61-63-65-67-69-71-73-80(85)91-78(77-90-82(81(86)87)88-75-74-83(3,4)5)76-89-79(84)72-70-68-66-64-62-60-58-56-54-52-50-48-46-33-31-29-27-25-23-21-19-17-15-13-11-9-7-2/h8,10,14,16,20,22,26,28,32,34,36-37,39-40,42-43,45,47,51,53,78,82H,6-7,9,11-13,15,17-19,21,23-25,27,29-31,33,35,38,41,44,46,48-50,52,54-77H2,1-5H3/p+1/b10-8-,16-14-,22-20-,28-26-,34-32-,37-36-,40-39-,43-42-,47-45-,53-51-. The number of rotatable bonds is 69. The van der Waals surface area contributed by atoms with Crippen LogP contribution >= 0.6 is 0 Å². The van der Waals surface area contributed by atoms with Crippen molar-refractivity contribution in [2.75, 3.05) is 47.5 Å². The van der Waals surface area contributed by atoms with E-state index in [0.717, 1.165) is 109 Å². The summed E-state index contributed by atoms with van der Waals surface area (Å²) in [6, 6.07) is 0. The maximum atomic E-state index is 13.0. The van der Waals surface area contributed by atoms with Crippen LogP contribution in [0, 0.1) is 0 Å². The third-order valence-electron chi connectivity index (χ3n) is 16.2. The van der Waals surface area contributed by atoms with Gasteiger partial charge in [-0.05, 0) is 89.9 Å². The lowest BCUT2D eigenvalue weighted by atomic mass is 10.0. The average Bonchev–Trinajstić information content (AvgIpc) is 3.46. The van der Waals surface area contributed by atoms with E-state index in [1.165, 1.54) is 180 Å². The lowest BCUT2D eigenvalue weighted by Crippen LogP contribution is -2.40. The molecule has 0 aromatic carbocycles. The summed E-state index contributed by atoms with van der Waals surface area (Å²) in [6.07, 6.45) is 99.0. The summed E-state index contributed by atoms with van der Waals surface area (Å²) in [5, 5.41) is 9.76. The van der Waals surface area contributed by atoms with E-state index >= 15 is 0 Å². The second-order valence-corrected chi connectivity index (χ2v) is 26.2. The van der Waals surface area contributed by atoms with E-state index in [2.05, 4.69) is 135 Å². The quantitative estimate of drug-likeness (QED) is 0.0211. The van der Waals surface area contributed by atoms with E-state index in [0.29, 0.717) is 23.9 Å². The molecule has 0 aromatic heterocycles. The molecule has 0 rings (SSSR count). The number of aliphatic carboxylic acids is 1. The summed E-state index contributed by atoms with van der Waals surface area (Å²) in [6.45, 7) is 4.79. The fourth-order valence-corrected chi connectivity index (χ4v) is 10.5. The Bertz CT molecular complexity index is 1910. The highest BCUT2D eigenvalue weighted by Gasteiger charge is 2.25. The fourth-order valence-electron chi connectivity index (χ4n) is 10.5. The molecular weight excluding hydrogens is 1130 g/mol. The smallest absolute Gasteiger partial charge is 0.361 e. The summed E-state index contributed by atoms with van der Waals surface area (Å²) in [5.41, 5.74) is 0. The third-order valence-corrected chi connectivity index (χ3v) is 16.2. The Hall–Kier alpha value is -4.31. The molecule has 0 amide bonds. The summed E-state index contributed by atoms with van der Waals surface area (Å²) in [7, 11) is 5.98. The zero-order chi connectivity index (χ0) is 66.1. The number of quaternary nitrogens is 1. The van der Waals surface area contributed by atoms with Gasteiger partial charge in [-0.25, -0.2) is 4.79 Å². The molecule has 0 aromatic rings. The van der Waals surface area contributed by atoms with Crippen molar-refractivity contribution in [2.45, 2.75) is 334 Å². The Labute approximate surface area is 561 Å². The highest BCUT2D eigenvalue weighted by Crippen LogP contribution is 2.18. The number of carboxylic acid groups (broad SMARTS) is 1. The summed E-state index contributed by atoms with van der Waals surface area (Å²) in [5.74, 6) is -2.01. The molecular formula is C82H142NO8+. The van der Waals surface area contributed by atoms with Crippen LogP contribution in [0.4, 0.5) is 0 Å². The number of carbonyl (C=O) groups is 3. The second-order valence-electron chi connectivity index (χ2n) is 26.2. The first kappa shape index (κ1) is 86.7. The number of carbonyl (C=O) groups excluding carboxylic acids is 2. The SMILES string of the molecule is CC/C=C\C/C=C\C/C=C\C/C=C\C/C=C\C/C=C\C/C=C\C/C=C\C/C=C\C/C=C\CCCCCCCCCCC(=O)OC(COC(=O)CCCCCCCCCCCCCCCCCCCCCCCCCCCCC)COC(OCC[N+](C)(C)C)C(=O)O. The van der Waals surface area contributed by atoms with Gasteiger partial charge in [0, 0.05) is 12.8 Å². The van der Waals surface area contributed by atoms with E-state index in [-0.39, 0.29) is 32.2 Å². The lowest BCUT2D eigenvalue weighted by molar-refractivity contribution is -0.870. The molecule has 0 aliphatic heterocycles. The van der Waals surface area contributed by atoms with E-state index in [1.807, 2.05) is 21.1 Å². The number of carboxylic acids is 1. The normalized spacial score (nSPS) is 13.4. The molecule has 9 nitrogen and oxygen atoms in total. The van der Waals surface area contributed by atoms with Crippen LogP contribution in [-0.4, -0.2) is 87.4 Å². The maximum Gasteiger partial charge on any atom is 0.361 e. The van der Waals surface area contributed by atoms with Crippen molar-refractivity contribution in [3.63, 3.8) is 0 Å². The molecule has 0 saturated heterocycles. The fraction of sp³-hybridized carbons (Fsp3) is 0.720. The van der Waals surface area contributed by atoms with Gasteiger partial charge in [0.25, 0.3) is 6.29 Å². The van der Waals surface area contributed by atoms with Crippen molar-refractivity contribution in [1.82, 2.24) is 0 Å². The monoisotopic (exact) mass is 1270 g/mol.